The van der Waals surface area contributed by atoms with E-state index in [0.717, 1.165) is 31.2 Å². The minimum atomic E-state index is -0.491. The van der Waals surface area contributed by atoms with Gasteiger partial charge < -0.3 is 15.4 Å². The number of rotatable bonds is 10. The Hall–Kier alpha value is -2.89. The summed E-state index contributed by atoms with van der Waals surface area (Å²) >= 11 is 0. The van der Waals surface area contributed by atoms with Crippen LogP contribution in [0.1, 0.15) is 64.9 Å². The first-order valence-electron chi connectivity index (χ1n) is 11.3. The van der Waals surface area contributed by atoms with Crippen molar-refractivity contribution in [1.29, 1.82) is 0 Å². The van der Waals surface area contributed by atoms with Crippen molar-refractivity contribution in [3.8, 4) is 11.1 Å². The second-order valence-corrected chi connectivity index (χ2v) is 8.96. The van der Waals surface area contributed by atoms with Gasteiger partial charge in [0, 0.05) is 18.7 Å². The van der Waals surface area contributed by atoms with Gasteiger partial charge in [-0.25, -0.2) is 9.18 Å². The molecule has 2 aromatic rings. The van der Waals surface area contributed by atoms with E-state index >= 15 is 0 Å². The standard InChI is InChI=1S/C26H35FN2O3/c1-19(21-14-15-22(23(27)18-21)20-12-8-7-9-13-20)24(30)28-16-10-5-6-11-17-29-25(31)32-26(2,3)4/h7-9,12-15,18-19H,5-6,10-11,16-17H2,1-4H3,(H,28,30)(H,29,31). The number of hydrogen-bond donors (Lipinski definition) is 2. The van der Waals surface area contributed by atoms with E-state index in [1.54, 1.807) is 13.0 Å². The maximum absolute atomic E-state index is 14.6. The Kier molecular flexibility index (Phi) is 9.69. The molecule has 0 fully saturated rings. The largest absolute Gasteiger partial charge is 0.444 e. The molecule has 0 heterocycles. The van der Waals surface area contributed by atoms with Gasteiger partial charge in [0.05, 0.1) is 5.92 Å². The van der Waals surface area contributed by atoms with E-state index < -0.39 is 17.6 Å². The molecule has 174 valence electrons. The first-order chi connectivity index (χ1) is 15.2. The molecular formula is C26H35FN2O3. The number of carbonyl (C=O) groups is 2. The van der Waals surface area contributed by atoms with Crippen molar-refractivity contribution in [2.45, 2.75) is 64.9 Å². The Morgan fingerprint density at radius 1 is 0.938 bits per heavy atom. The molecule has 0 aromatic heterocycles. The van der Waals surface area contributed by atoms with Gasteiger partial charge in [-0.15, -0.1) is 0 Å². The van der Waals surface area contributed by atoms with E-state index in [1.165, 1.54) is 6.07 Å². The third-order valence-electron chi connectivity index (χ3n) is 5.04. The van der Waals surface area contributed by atoms with Gasteiger partial charge in [-0.05, 0) is 57.7 Å². The van der Waals surface area contributed by atoms with E-state index in [1.807, 2.05) is 57.2 Å². The predicted octanol–water partition coefficient (Wildman–Crippen LogP) is 5.80. The molecule has 0 radical (unpaired) electrons. The fraction of sp³-hybridized carbons (Fsp3) is 0.462. The molecule has 2 N–H and O–H groups in total. The fourth-order valence-corrected chi connectivity index (χ4v) is 3.28. The van der Waals surface area contributed by atoms with Crippen LogP contribution in [0.2, 0.25) is 0 Å². The third-order valence-corrected chi connectivity index (χ3v) is 5.04. The van der Waals surface area contributed by atoms with E-state index in [-0.39, 0.29) is 11.7 Å². The molecule has 0 aliphatic rings. The summed E-state index contributed by atoms with van der Waals surface area (Å²) in [6.07, 6.45) is 3.22. The molecule has 32 heavy (non-hydrogen) atoms. The van der Waals surface area contributed by atoms with Crippen molar-refractivity contribution in [2.24, 2.45) is 0 Å². The van der Waals surface area contributed by atoms with Crippen LogP contribution in [0.15, 0.2) is 48.5 Å². The van der Waals surface area contributed by atoms with Gasteiger partial charge in [0.1, 0.15) is 11.4 Å². The van der Waals surface area contributed by atoms with Crippen LogP contribution in [0.4, 0.5) is 9.18 Å². The summed E-state index contributed by atoms with van der Waals surface area (Å²) < 4.78 is 19.8. The van der Waals surface area contributed by atoms with Crippen molar-refractivity contribution < 1.29 is 18.7 Å². The number of halogens is 1. The summed E-state index contributed by atoms with van der Waals surface area (Å²) in [7, 11) is 0. The highest BCUT2D eigenvalue weighted by Gasteiger charge is 2.17. The summed E-state index contributed by atoms with van der Waals surface area (Å²) in [6.45, 7) is 8.43. The Morgan fingerprint density at radius 2 is 1.56 bits per heavy atom. The highest BCUT2D eigenvalue weighted by atomic mass is 19.1. The molecular weight excluding hydrogens is 407 g/mol. The predicted molar refractivity (Wildman–Crippen MR) is 126 cm³/mol. The zero-order valence-electron chi connectivity index (χ0n) is 19.5. The average molecular weight is 443 g/mol. The lowest BCUT2D eigenvalue weighted by Crippen LogP contribution is -2.33. The lowest BCUT2D eigenvalue weighted by atomic mass is 9.96. The van der Waals surface area contributed by atoms with Gasteiger partial charge in [-0.3, -0.25) is 4.79 Å². The van der Waals surface area contributed by atoms with Crippen LogP contribution in [0.5, 0.6) is 0 Å². The molecule has 5 nitrogen and oxygen atoms in total. The number of benzene rings is 2. The van der Waals surface area contributed by atoms with Crippen LogP contribution in [-0.4, -0.2) is 30.7 Å². The van der Waals surface area contributed by atoms with Crippen molar-refractivity contribution in [3.63, 3.8) is 0 Å². The fourth-order valence-electron chi connectivity index (χ4n) is 3.28. The van der Waals surface area contributed by atoms with Crippen LogP contribution < -0.4 is 10.6 Å². The number of hydrogen-bond acceptors (Lipinski definition) is 3. The number of amides is 2. The number of ether oxygens (including phenoxy) is 1. The highest BCUT2D eigenvalue weighted by Crippen LogP contribution is 2.26. The molecule has 1 unspecified atom stereocenters. The number of nitrogens with one attached hydrogen (secondary N) is 2. The van der Waals surface area contributed by atoms with Crippen LogP contribution in [0.25, 0.3) is 11.1 Å². The lowest BCUT2D eigenvalue weighted by Gasteiger charge is -2.19. The van der Waals surface area contributed by atoms with Crippen LogP contribution >= 0.6 is 0 Å². The molecule has 0 saturated carbocycles. The Balaban J connectivity index is 1.66. The maximum atomic E-state index is 14.6. The topological polar surface area (TPSA) is 67.4 Å². The quantitative estimate of drug-likeness (QED) is 0.457. The second kappa shape index (κ2) is 12.2. The Morgan fingerprint density at radius 3 is 2.16 bits per heavy atom. The van der Waals surface area contributed by atoms with Gasteiger partial charge >= 0.3 is 6.09 Å². The van der Waals surface area contributed by atoms with E-state index in [9.17, 15) is 14.0 Å². The van der Waals surface area contributed by atoms with Gasteiger partial charge in [-0.1, -0.05) is 55.3 Å². The van der Waals surface area contributed by atoms with E-state index in [0.29, 0.717) is 24.2 Å². The first-order valence-corrected chi connectivity index (χ1v) is 11.3. The molecule has 2 amide bonds. The Bertz CT molecular complexity index is 878. The van der Waals surface area contributed by atoms with E-state index in [2.05, 4.69) is 10.6 Å². The Labute approximate surface area is 190 Å². The molecule has 2 rings (SSSR count). The smallest absolute Gasteiger partial charge is 0.407 e. The van der Waals surface area contributed by atoms with Crippen LogP contribution in [0, 0.1) is 5.82 Å². The number of unbranched alkanes of at least 4 members (excludes halogenated alkanes) is 3. The normalized spacial score (nSPS) is 12.2. The molecule has 0 spiro atoms. The van der Waals surface area contributed by atoms with E-state index in [4.69, 9.17) is 4.74 Å². The minimum Gasteiger partial charge on any atom is -0.444 e. The SMILES string of the molecule is CC(C(=O)NCCCCCCNC(=O)OC(C)(C)C)c1ccc(-c2ccccc2)c(F)c1. The minimum absolute atomic E-state index is 0.108. The van der Waals surface area contributed by atoms with Gasteiger partial charge in [-0.2, -0.15) is 0 Å². The van der Waals surface area contributed by atoms with Gasteiger partial charge in [0.15, 0.2) is 0 Å². The maximum Gasteiger partial charge on any atom is 0.407 e. The summed E-state index contributed by atoms with van der Waals surface area (Å²) in [6, 6.07) is 14.4. The molecule has 6 heteroatoms. The van der Waals surface area contributed by atoms with Crippen molar-refractivity contribution in [1.82, 2.24) is 10.6 Å². The van der Waals surface area contributed by atoms with Crippen molar-refractivity contribution in [2.75, 3.05) is 13.1 Å². The molecule has 0 bridgehead atoms. The second-order valence-electron chi connectivity index (χ2n) is 8.96. The molecule has 2 aromatic carbocycles. The number of carbonyl (C=O) groups excluding carboxylic acids is 2. The summed E-state index contributed by atoms with van der Waals surface area (Å²) in [5.74, 6) is -0.857. The average Bonchev–Trinajstić information content (AvgIpc) is 2.74. The summed E-state index contributed by atoms with van der Waals surface area (Å²) in [5, 5.41) is 5.67. The molecule has 0 saturated heterocycles. The third kappa shape index (κ3) is 8.69. The van der Waals surface area contributed by atoms with Crippen LogP contribution in [0.3, 0.4) is 0 Å². The monoisotopic (exact) mass is 442 g/mol. The van der Waals surface area contributed by atoms with Gasteiger partial charge in [0.25, 0.3) is 0 Å². The number of alkyl carbamates (subject to hydrolysis) is 1. The zero-order chi connectivity index (χ0) is 23.6. The highest BCUT2D eigenvalue weighted by molar-refractivity contribution is 5.83. The zero-order valence-corrected chi connectivity index (χ0v) is 19.5. The summed E-state index contributed by atoms with van der Waals surface area (Å²) in [5.41, 5.74) is 1.51. The lowest BCUT2D eigenvalue weighted by molar-refractivity contribution is -0.122. The molecule has 1 atom stereocenters. The van der Waals surface area contributed by atoms with Crippen LogP contribution in [-0.2, 0) is 9.53 Å². The van der Waals surface area contributed by atoms with Gasteiger partial charge in [0.2, 0.25) is 5.91 Å². The van der Waals surface area contributed by atoms with Crippen molar-refractivity contribution >= 4 is 12.0 Å². The van der Waals surface area contributed by atoms with Crippen molar-refractivity contribution in [3.05, 3.63) is 59.9 Å². The summed E-state index contributed by atoms with van der Waals surface area (Å²) in [4.78, 5) is 24.0. The first kappa shape index (κ1) is 25.4. The molecule has 0 aliphatic carbocycles. The molecule has 0 aliphatic heterocycles.